The average Bonchev–Trinajstić information content (AvgIpc) is 3.12. The van der Waals surface area contributed by atoms with Crippen molar-refractivity contribution in [1.82, 2.24) is 10.2 Å². The van der Waals surface area contributed by atoms with Crippen LogP contribution in [0.3, 0.4) is 0 Å². The highest BCUT2D eigenvalue weighted by atomic mass is 16.6. The summed E-state index contributed by atoms with van der Waals surface area (Å²) >= 11 is 0. The predicted molar refractivity (Wildman–Crippen MR) is 98.0 cm³/mol. The van der Waals surface area contributed by atoms with E-state index in [0.29, 0.717) is 43.4 Å². The van der Waals surface area contributed by atoms with Crippen LogP contribution in [-0.4, -0.2) is 54.9 Å². The van der Waals surface area contributed by atoms with Gasteiger partial charge in [-0.05, 0) is 25.1 Å². The number of hydrogen-bond acceptors (Lipinski definition) is 6. The molecule has 0 bridgehead atoms. The summed E-state index contributed by atoms with van der Waals surface area (Å²) in [5, 5.41) is 13.5. The van der Waals surface area contributed by atoms with Crippen molar-refractivity contribution >= 4 is 23.2 Å². The van der Waals surface area contributed by atoms with Crippen molar-refractivity contribution in [2.24, 2.45) is 0 Å². The third kappa shape index (κ3) is 3.76. The number of piperazine rings is 1. The first-order valence-electron chi connectivity index (χ1n) is 8.52. The van der Waals surface area contributed by atoms with E-state index in [4.69, 9.17) is 4.42 Å². The van der Waals surface area contributed by atoms with Gasteiger partial charge in [-0.1, -0.05) is 0 Å². The maximum atomic E-state index is 12.5. The molecule has 3 rings (SSSR count). The molecule has 0 aliphatic carbocycles. The van der Waals surface area contributed by atoms with E-state index in [9.17, 15) is 19.7 Å². The van der Waals surface area contributed by atoms with Gasteiger partial charge in [0.2, 0.25) is 0 Å². The van der Waals surface area contributed by atoms with Gasteiger partial charge in [0.1, 0.15) is 5.76 Å². The molecule has 27 heavy (non-hydrogen) atoms. The Morgan fingerprint density at radius 1 is 1.15 bits per heavy atom. The molecule has 142 valence electrons. The van der Waals surface area contributed by atoms with Gasteiger partial charge in [0.25, 0.3) is 17.5 Å². The number of nitro benzene ring substituents is 1. The van der Waals surface area contributed by atoms with Gasteiger partial charge in [0.15, 0.2) is 5.76 Å². The van der Waals surface area contributed by atoms with E-state index < -0.39 is 10.8 Å². The van der Waals surface area contributed by atoms with Gasteiger partial charge in [0, 0.05) is 45.4 Å². The van der Waals surface area contributed by atoms with E-state index in [1.165, 1.54) is 19.2 Å². The molecule has 2 aromatic rings. The molecule has 0 spiro atoms. The van der Waals surface area contributed by atoms with Crippen LogP contribution in [0.1, 0.15) is 26.7 Å². The first-order valence-corrected chi connectivity index (χ1v) is 8.52. The van der Waals surface area contributed by atoms with E-state index in [-0.39, 0.29) is 17.2 Å². The highest BCUT2D eigenvalue weighted by Crippen LogP contribution is 2.27. The van der Waals surface area contributed by atoms with Crippen LogP contribution in [0.2, 0.25) is 0 Å². The smallest absolute Gasteiger partial charge is 0.289 e. The van der Waals surface area contributed by atoms with E-state index in [2.05, 4.69) is 5.32 Å². The van der Waals surface area contributed by atoms with Crippen LogP contribution in [0.15, 0.2) is 34.7 Å². The molecular formula is C18H20N4O5. The van der Waals surface area contributed by atoms with Crippen LogP contribution in [0.5, 0.6) is 0 Å². The number of benzene rings is 1. The lowest BCUT2D eigenvalue weighted by atomic mass is 10.1. The fraction of sp³-hybridized carbons (Fsp3) is 0.333. The molecule has 1 aliphatic rings. The maximum Gasteiger partial charge on any atom is 0.289 e. The Morgan fingerprint density at radius 2 is 1.85 bits per heavy atom. The van der Waals surface area contributed by atoms with Crippen molar-refractivity contribution in [3.05, 3.63) is 57.5 Å². The molecule has 9 heteroatoms. The highest BCUT2D eigenvalue weighted by molar-refractivity contribution is 6.00. The van der Waals surface area contributed by atoms with Crippen molar-refractivity contribution in [1.29, 1.82) is 0 Å². The number of nitrogens with one attached hydrogen (secondary N) is 1. The first kappa shape index (κ1) is 18.4. The third-order valence-corrected chi connectivity index (χ3v) is 4.52. The average molecular weight is 372 g/mol. The van der Waals surface area contributed by atoms with Gasteiger partial charge in [-0.3, -0.25) is 19.7 Å². The highest BCUT2D eigenvalue weighted by Gasteiger charge is 2.27. The minimum Gasteiger partial charge on any atom is -0.456 e. The second kappa shape index (κ2) is 7.48. The summed E-state index contributed by atoms with van der Waals surface area (Å²) in [5.41, 5.74) is 0.716. The lowest BCUT2D eigenvalue weighted by molar-refractivity contribution is -0.384. The van der Waals surface area contributed by atoms with Gasteiger partial charge in [-0.2, -0.15) is 0 Å². The summed E-state index contributed by atoms with van der Waals surface area (Å²) in [5.74, 6) is 0.427. The van der Waals surface area contributed by atoms with Crippen LogP contribution in [0.25, 0.3) is 0 Å². The number of rotatable bonds is 4. The Bertz CT molecular complexity index is 884. The zero-order chi connectivity index (χ0) is 19.6. The minimum absolute atomic E-state index is 0.139. The first-order chi connectivity index (χ1) is 12.9. The number of carbonyl (C=O) groups excluding carboxylic acids is 2. The number of nitro groups is 1. The molecule has 2 heterocycles. The van der Waals surface area contributed by atoms with Crippen LogP contribution in [0.4, 0.5) is 11.4 Å². The number of non-ortho nitro benzene ring substituents is 1. The fourth-order valence-corrected chi connectivity index (χ4v) is 3.09. The predicted octanol–water partition coefficient (Wildman–Crippen LogP) is 1.82. The lowest BCUT2D eigenvalue weighted by Crippen LogP contribution is -2.49. The molecule has 1 aromatic heterocycles. The molecule has 9 nitrogen and oxygen atoms in total. The molecule has 1 N–H and O–H groups in total. The molecule has 2 amide bonds. The van der Waals surface area contributed by atoms with Crippen LogP contribution >= 0.6 is 0 Å². The molecular weight excluding hydrogens is 352 g/mol. The summed E-state index contributed by atoms with van der Waals surface area (Å²) in [6.07, 6.45) is 0. The summed E-state index contributed by atoms with van der Waals surface area (Å²) in [4.78, 5) is 38.8. The molecule has 0 radical (unpaired) electrons. The van der Waals surface area contributed by atoms with Crippen LogP contribution < -0.4 is 10.2 Å². The largest absolute Gasteiger partial charge is 0.456 e. The number of furan rings is 1. The Kier molecular flexibility index (Phi) is 5.11. The van der Waals surface area contributed by atoms with Gasteiger partial charge in [-0.25, -0.2) is 0 Å². The number of aryl methyl sites for hydroxylation is 1. The van der Waals surface area contributed by atoms with Gasteiger partial charge in [0.05, 0.1) is 16.2 Å². The van der Waals surface area contributed by atoms with E-state index >= 15 is 0 Å². The zero-order valence-electron chi connectivity index (χ0n) is 15.1. The standard InChI is InChI=1S/C18H20N4O5/c1-12-3-6-16(27-12)18(24)21-9-7-20(8-10-21)15-5-4-13(22(25)26)11-14(15)17(23)19-2/h3-6,11H,7-10H2,1-2H3,(H,19,23). The van der Waals surface area contributed by atoms with Crippen LogP contribution in [-0.2, 0) is 0 Å². The number of anilines is 1. The fourth-order valence-electron chi connectivity index (χ4n) is 3.09. The summed E-state index contributed by atoms with van der Waals surface area (Å²) in [7, 11) is 1.48. The maximum absolute atomic E-state index is 12.5. The summed E-state index contributed by atoms with van der Waals surface area (Å²) in [6.45, 7) is 3.72. The number of nitrogens with zero attached hydrogens (tertiary/aromatic N) is 3. The quantitative estimate of drug-likeness (QED) is 0.648. The molecule has 0 saturated carbocycles. The molecule has 0 atom stereocenters. The third-order valence-electron chi connectivity index (χ3n) is 4.52. The second-order valence-corrected chi connectivity index (χ2v) is 6.23. The minimum atomic E-state index is -0.530. The summed E-state index contributed by atoms with van der Waals surface area (Å²) < 4.78 is 5.39. The molecule has 1 aliphatic heterocycles. The van der Waals surface area contributed by atoms with E-state index in [1.54, 1.807) is 30.0 Å². The SMILES string of the molecule is CNC(=O)c1cc([N+](=O)[O-])ccc1N1CCN(C(=O)c2ccc(C)o2)CC1. The number of carbonyl (C=O) groups is 2. The lowest BCUT2D eigenvalue weighted by Gasteiger charge is -2.36. The molecule has 1 aromatic carbocycles. The van der Waals surface area contributed by atoms with Gasteiger partial charge >= 0.3 is 0 Å². The Labute approximate surface area is 155 Å². The summed E-state index contributed by atoms with van der Waals surface area (Å²) in [6, 6.07) is 7.64. The van der Waals surface area contributed by atoms with Crippen molar-refractivity contribution in [2.45, 2.75) is 6.92 Å². The Hall–Kier alpha value is -3.36. The Morgan fingerprint density at radius 3 is 2.41 bits per heavy atom. The van der Waals surface area contributed by atoms with Gasteiger partial charge in [-0.15, -0.1) is 0 Å². The van der Waals surface area contributed by atoms with Crippen molar-refractivity contribution in [3.8, 4) is 0 Å². The zero-order valence-corrected chi connectivity index (χ0v) is 15.1. The van der Waals surface area contributed by atoms with Crippen molar-refractivity contribution in [2.75, 3.05) is 38.1 Å². The molecule has 0 unspecified atom stereocenters. The molecule has 1 fully saturated rings. The molecule has 1 saturated heterocycles. The number of hydrogen-bond donors (Lipinski definition) is 1. The van der Waals surface area contributed by atoms with Crippen LogP contribution in [0, 0.1) is 17.0 Å². The van der Waals surface area contributed by atoms with E-state index in [0.717, 1.165) is 0 Å². The second-order valence-electron chi connectivity index (χ2n) is 6.23. The number of amides is 2. The van der Waals surface area contributed by atoms with Crippen molar-refractivity contribution < 1.29 is 18.9 Å². The normalized spacial score (nSPS) is 14.1. The van der Waals surface area contributed by atoms with E-state index in [1.807, 2.05) is 4.90 Å². The van der Waals surface area contributed by atoms with Crippen molar-refractivity contribution in [3.63, 3.8) is 0 Å². The monoisotopic (exact) mass is 372 g/mol. The topological polar surface area (TPSA) is 109 Å². The van der Waals surface area contributed by atoms with Gasteiger partial charge < -0.3 is 19.5 Å². The Balaban J connectivity index is 1.76.